The van der Waals surface area contributed by atoms with Gasteiger partial charge >= 0.3 is 0 Å². The van der Waals surface area contributed by atoms with Crippen LogP contribution in [0.25, 0.3) is 0 Å². The van der Waals surface area contributed by atoms with Gasteiger partial charge in [0.25, 0.3) is 0 Å². The third kappa shape index (κ3) is 2.96. The fraction of sp³-hybridized carbons (Fsp3) is 0.357. The number of phenolic OH excluding ortho intramolecular Hbond substituents is 1. The van der Waals surface area contributed by atoms with Gasteiger partial charge in [0, 0.05) is 11.8 Å². The summed E-state index contributed by atoms with van der Waals surface area (Å²) in [6.07, 6.45) is 3.41. The molecule has 0 atom stereocenters. The van der Waals surface area contributed by atoms with Crippen molar-refractivity contribution in [3.63, 3.8) is 0 Å². The molecule has 1 N–H and O–H groups in total. The van der Waals surface area contributed by atoms with E-state index in [-0.39, 0.29) is 5.41 Å². The number of aromatic hydroxyl groups is 1. The molecule has 0 radical (unpaired) electrons. The first-order valence-corrected chi connectivity index (χ1v) is 5.40. The van der Waals surface area contributed by atoms with Gasteiger partial charge in [0.15, 0.2) is 0 Å². The van der Waals surface area contributed by atoms with Crippen molar-refractivity contribution in [3.05, 3.63) is 42.0 Å². The average Bonchev–Trinajstić information content (AvgIpc) is 2.19. The van der Waals surface area contributed by atoms with Crippen LogP contribution in [0, 0.1) is 0 Å². The SMILES string of the molecule is C=CCN=Cc1cccc(C(C)(C)C)c1O. The van der Waals surface area contributed by atoms with E-state index in [9.17, 15) is 5.11 Å². The summed E-state index contributed by atoms with van der Waals surface area (Å²) in [5, 5.41) is 10.1. The van der Waals surface area contributed by atoms with Gasteiger partial charge < -0.3 is 5.11 Å². The Bertz CT molecular complexity index is 400. The standard InChI is InChI=1S/C14H19NO/c1-5-9-15-10-11-7-6-8-12(13(11)16)14(2,3)4/h5-8,10,16H,1,9H2,2-4H3. The van der Waals surface area contributed by atoms with Crippen molar-refractivity contribution in [2.24, 2.45) is 4.99 Å². The molecule has 1 aromatic rings. The maximum atomic E-state index is 10.1. The van der Waals surface area contributed by atoms with E-state index in [0.29, 0.717) is 12.3 Å². The molecular weight excluding hydrogens is 198 g/mol. The molecule has 2 nitrogen and oxygen atoms in total. The van der Waals surface area contributed by atoms with Gasteiger partial charge in [-0.1, -0.05) is 39.0 Å². The molecule has 86 valence electrons. The van der Waals surface area contributed by atoms with E-state index >= 15 is 0 Å². The Hall–Kier alpha value is -1.57. The summed E-state index contributed by atoms with van der Waals surface area (Å²) in [7, 11) is 0. The van der Waals surface area contributed by atoms with Crippen LogP contribution < -0.4 is 0 Å². The zero-order valence-corrected chi connectivity index (χ0v) is 10.2. The van der Waals surface area contributed by atoms with Gasteiger partial charge in [-0.3, -0.25) is 4.99 Å². The van der Waals surface area contributed by atoms with Gasteiger partial charge in [-0.25, -0.2) is 0 Å². The van der Waals surface area contributed by atoms with E-state index in [4.69, 9.17) is 0 Å². The van der Waals surface area contributed by atoms with Crippen LogP contribution in [-0.2, 0) is 5.41 Å². The van der Waals surface area contributed by atoms with E-state index < -0.39 is 0 Å². The number of nitrogens with zero attached hydrogens (tertiary/aromatic N) is 1. The van der Waals surface area contributed by atoms with Crippen LogP contribution in [0.5, 0.6) is 5.75 Å². The van der Waals surface area contributed by atoms with E-state index in [0.717, 1.165) is 11.1 Å². The predicted molar refractivity (Wildman–Crippen MR) is 69.5 cm³/mol. The van der Waals surface area contributed by atoms with E-state index in [1.165, 1.54) is 0 Å². The molecule has 0 saturated carbocycles. The highest BCUT2D eigenvalue weighted by Crippen LogP contribution is 2.32. The molecule has 0 aliphatic carbocycles. The first-order valence-electron chi connectivity index (χ1n) is 5.40. The minimum Gasteiger partial charge on any atom is -0.507 e. The van der Waals surface area contributed by atoms with Crippen LogP contribution in [0.3, 0.4) is 0 Å². The van der Waals surface area contributed by atoms with Crippen molar-refractivity contribution in [2.75, 3.05) is 6.54 Å². The molecule has 16 heavy (non-hydrogen) atoms. The molecule has 0 spiro atoms. The summed E-state index contributed by atoms with van der Waals surface area (Å²) in [5.74, 6) is 0.322. The molecule has 0 aliphatic rings. The Balaban J connectivity index is 3.09. The molecule has 0 fully saturated rings. The number of para-hydroxylation sites is 1. The van der Waals surface area contributed by atoms with Crippen LogP contribution in [0.15, 0.2) is 35.8 Å². The molecule has 0 aliphatic heterocycles. The first-order chi connectivity index (χ1) is 7.46. The van der Waals surface area contributed by atoms with Gasteiger partial charge in [-0.2, -0.15) is 0 Å². The van der Waals surface area contributed by atoms with Crippen molar-refractivity contribution in [1.29, 1.82) is 0 Å². The number of aliphatic imine (C=N–C) groups is 1. The molecule has 0 saturated heterocycles. The summed E-state index contributed by atoms with van der Waals surface area (Å²) in [6.45, 7) is 10.4. The first kappa shape index (κ1) is 12.5. The van der Waals surface area contributed by atoms with Crippen molar-refractivity contribution >= 4 is 6.21 Å². The molecule has 0 heterocycles. The van der Waals surface area contributed by atoms with Crippen molar-refractivity contribution < 1.29 is 5.11 Å². The predicted octanol–water partition coefficient (Wildman–Crippen LogP) is 3.29. The topological polar surface area (TPSA) is 32.6 Å². The number of hydrogen-bond acceptors (Lipinski definition) is 2. The Kier molecular flexibility index (Phi) is 3.88. The smallest absolute Gasteiger partial charge is 0.128 e. The van der Waals surface area contributed by atoms with E-state index in [1.807, 2.05) is 18.2 Å². The van der Waals surface area contributed by atoms with Gasteiger partial charge in [0.05, 0.1) is 6.54 Å². The average molecular weight is 217 g/mol. The van der Waals surface area contributed by atoms with Crippen LogP contribution in [-0.4, -0.2) is 17.9 Å². The Morgan fingerprint density at radius 1 is 1.38 bits per heavy atom. The second-order valence-corrected chi connectivity index (χ2v) is 4.78. The zero-order chi connectivity index (χ0) is 12.2. The summed E-state index contributed by atoms with van der Waals surface area (Å²) >= 11 is 0. The molecule has 1 aromatic carbocycles. The fourth-order valence-corrected chi connectivity index (χ4v) is 1.50. The number of benzene rings is 1. The lowest BCUT2D eigenvalue weighted by Gasteiger charge is -2.21. The van der Waals surface area contributed by atoms with Gasteiger partial charge in [-0.05, 0) is 17.0 Å². The lowest BCUT2D eigenvalue weighted by atomic mass is 9.85. The summed E-state index contributed by atoms with van der Waals surface area (Å²) in [6, 6.07) is 5.74. The second-order valence-electron chi connectivity index (χ2n) is 4.78. The van der Waals surface area contributed by atoms with Crippen molar-refractivity contribution in [2.45, 2.75) is 26.2 Å². The van der Waals surface area contributed by atoms with Crippen LogP contribution in [0.1, 0.15) is 31.9 Å². The molecule has 1 rings (SSSR count). The maximum absolute atomic E-state index is 10.1. The Morgan fingerprint density at radius 2 is 2.06 bits per heavy atom. The van der Waals surface area contributed by atoms with Crippen LogP contribution in [0.2, 0.25) is 0 Å². The highest BCUT2D eigenvalue weighted by molar-refractivity contribution is 5.84. The number of phenols is 1. The Labute approximate surface area is 97.4 Å². The van der Waals surface area contributed by atoms with Gasteiger partial charge in [0.2, 0.25) is 0 Å². The minimum atomic E-state index is -0.0631. The van der Waals surface area contributed by atoms with E-state index in [1.54, 1.807) is 12.3 Å². The lowest BCUT2D eigenvalue weighted by molar-refractivity contribution is 0.446. The third-order valence-electron chi connectivity index (χ3n) is 2.34. The third-order valence-corrected chi connectivity index (χ3v) is 2.34. The monoisotopic (exact) mass is 217 g/mol. The normalized spacial score (nSPS) is 11.9. The van der Waals surface area contributed by atoms with Crippen LogP contribution in [0.4, 0.5) is 0 Å². The minimum absolute atomic E-state index is 0.0631. The molecular formula is C14H19NO. The highest BCUT2D eigenvalue weighted by Gasteiger charge is 2.18. The van der Waals surface area contributed by atoms with Crippen LogP contribution >= 0.6 is 0 Å². The van der Waals surface area contributed by atoms with Crippen molar-refractivity contribution in [3.8, 4) is 5.75 Å². The highest BCUT2D eigenvalue weighted by atomic mass is 16.3. The molecule has 0 amide bonds. The molecule has 0 unspecified atom stereocenters. The Morgan fingerprint density at radius 3 is 2.62 bits per heavy atom. The quantitative estimate of drug-likeness (QED) is 0.611. The fourth-order valence-electron chi connectivity index (χ4n) is 1.50. The van der Waals surface area contributed by atoms with Crippen molar-refractivity contribution in [1.82, 2.24) is 0 Å². The zero-order valence-electron chi connectivity index (χ0n) is 10.2. The number of hydrogen-bond donors (Lipinski definition) is 1. The molecule has 0 aromatic heterocycles. The van der Waals surface area contributed by atoms with Gasteiger partial charge in [-0.15, -0.1) is 6.58 Å². The number of rotatable bonds is 3. The lowest BCUT2D eigenvalue weighted by Crippen LogP contribution is -2.11. The largest absolute Gasteiger partial charge is 0.507 e. The maximum Gasteiger partial charge on any atom is 0.128 e. The van der Waals surface area contributed by atoms with E-state index in [2.05, 4.69) is 32.3 Å². The summed E-state index contributed by atoms with van der Waals surface area (Å²) in [4.78, 5) is 4.14. The second kappa shape index (κ2) is 4.97. The summed E-state index contributed by atoms with van der Waals surface area (Å²) in [5.41, 5.74) is 1.64. The molecule has 0 bridgehead atoms. The van der Waals surface area contributed by atoms with Gasteiger partial charge in [0.1, 0.15) is 5.75 Å². The molecule has 2 heteroatoms. The summed E-state index contributed by atoms with van der Waals surface area (Å²) < 4.78 is 0.